The molecule has 0 aromatic heterocycles. The fraction of sp³-hybridized carbons (Fsp3) is 0.409. The second-order valence-electron chi connectivity index (χ2n) is 7.63. The summed E-state index contributed by atoms with van der Waals surface area (Å²) in [4.78, 5) is 16.0. The normalized spacial score (nSPS) is 16.2. The number of piperazine rings is 1. The fourth-order valence-electron chi connectivity index (χ4n) is 3.73. The number of rotatable bonds is 6. The lowest BCUT2D eigenvalue weighted by Crippen LogP contribution is -2.51. The van der Waals surface area contributed by atoms with Crippen LogP contribution in [0.15, 0.2) is 53.4 Å². The van der Waals surface area contributed by atoms with Gasteiger partial charge in [0.25, 0.3) is 0 Å². The van der Waals surface area contributed by atoms with Gasteiger partial charge in [0.1, 0.15) is 0 Å². The molecule has 0 atom stereocenters. The second kappa shape index (κ2) is 9.60. The minimum atomic E-state index is -4.62. The van der Waals surface area contributed by atoms with Gasteiger partial charge in [-0.25, -0.2) is 8.42 Å². The SMILES string of the molecule is CCN(C(=O)CN1CCN(S(=O)(=O)c2cccc(C(F)(F)F)c2)CC1)c1ccccc1C. The largest absolute Gasteiger partial charge is 0.416 e. The number of halogens is 3. The number of likely N-dealkylation sites (N-methyl/N-ethyl adjacent to an activating group) is 1. The third-order valence-corrected chi connectivity index (χ3v) is 7.41. The number of alkyl halides is 3. The van der Waals surface area contributed by atoms with Crippen LogP contribution >= 0.6 is 0 Å². The molecular formula is C22H26F3N3O3S. The summed E-state index contributed by atoms with van der Waals surface area (Å²) < 4.78 is 65.7. The van der Waals surface area contributed by atoms with Crippen LogP contribution in [-0.4, -0.2) is 62.8 Å². The number of hydrogen-bond acceptors (Lipinski definition) is 4. The minimum absolute atomic E-state index is 0.0871. The summed E-state index contributed by atoms with van der Waals surface area (Å²) in [5, 5.41) is 0. The summed E-state index contributed by atoms with van der Waals surface area (Å²) in [6.07, 6.45) is -4.62. The first-order chi connectivity index (χ1) is 15.0. The van der Waals surface area contributed by atoms with Gasteiger partial charge in [0.05, 0.1) is 17.0 Å². The Hall–Kier alpha value is -2.43. The number of para-hydroxylation sites is 1. The number of sulfonamides is 1. The maximum Gasteiger partial charge on any atom is 0.416 e. The molecule has 0 radical (unpaired) electrons. The lowest BCUT2D eigenvalue weighted by Gasteiger charge is -2.34. The number of nitrogens with zero attached hydrogens (tertiary/aromatic N) is 3. The van der Waals surface area contributed by atoms with Gasteiger partial charge in [0.2, 0.25) is 15.9 Å². The van der Waals surface area contributed by atoms with Crippen molar-refractivity contribution in [3.63, 3.8) is 0 Å². The molecule has 0 saturated carbocycles. The van der Waals surface area contributed by atoms with E-state index in [1.165, 1.54) is 10.4 Å². The lowest BCUT2D eigenvalue weighted by molar-refractivity contribution is -0.137. The highest BCUT2D eigenvalue weighted by molar-refractivity contribution is 7.89. The van der Waals surface area contributed by atoms with Crippen molar-refractivity contribution in [3.05, 3.63) is 59.7 Å². The van der Waals surface area contributed by atoms with Gasteiger partial charge in [-0.3, -0.25) is 9.69 Å². The summed E-state index contributed by atoms with van der Waals surface area (Å²) in [5.74, 6) is -0.0871. The molecule has 0 aliphatic carbocycles. The van der Waals surface area contributed by atoms with Crippen molar-refractivity contribution in [2.45, 2.75) is 24.9 Å². The Morgan fingerprint density at radius 3 is 2.28 bits per heavy atom. The molecular weight excluding hydrogens is 443 g/mol. The van der Waals surface area contributed by atoms with E-state index in [9.17, 15) is 26.4 Å². The maximum absolute atomic E-state index is 13.0. The number of carbonyl (C=O) groups excluding carboxylic acids is 1. The zero-order chi connectivity index (χ0) is 23.5. The van der Waals surface area contributed by atoms with Gasteiger partial charge in [-0.15, -0.1) is 0 Å². The summed E-state index contributed by atoms with van der Waals surface area (Å²) in [7, 11) is -4.05. The molecule has 1 fully saturated rings. The summed E-state index contributed by atoms with van der Waals surface area (Å²) in [5.41, 5.74) is 0.823. The Labute approximate surface area is 186 Å². The summed E-state index contributed by atoms with van der Waals surface area (Å²) in [6.45, 7) is 5.30. The van der Waals surface area contributed by atoms with E-state index in [4.69, 9.17) is 0 Å². The Morgan fingerprint density at radius 2 is 1.69 bits per heavy atom. The van der Waals surface area contributed by atoms with Crippen LogP contribution in [0.1, 0.15) is 18.1 Å². The lowest BCUT2D eigenvalue weighted by atomic mass is 10.1. The first-order valence-corrected chi connectivity index (χ1v) is 11.7. The third-order valence-electron chi connectivity index (χ3n) is 5.51. The summed E-state index contributed by atoms with van der Waals surface area (Å²) >= 11 is 0. The van der Waals surface area contributed by atoms with Gasteiger partial charge in [0, 0.05) is 38.4 Å². The van der Waals surface area contributed by atoms with Gasteiger partial charge in [-0.1, -0.05) is 24.3 Å². The van der Waals surface area contributed by atoms with Crippen molar-refractivity contribution >= 4 is 21.6 Å². The number of amides is 1. The number of hydrogen-bond donors (Lipinski definition) is 0. The van der Waals surface area contributed by atoms with E-state index in [0.29, 0.717) is 25.7 Å². The molecule has 1 saturated heterocycles. The average molecular weight is 470 g/mol. The smallest absolute Gasteiger partial charge is 0.311 e. The zero-order valence-electron chi connectivity index (χ0n) is 18.0. The molecule has 1 aliphatic rings. The Balaban J connectivity index is 1.65. The Morgan fingerprint density at radius 1 is 1.03 bits per heavy atom. The van der Waals surface area contributed by atoms with Crippen molar-refractivity contribution in [3.8, 4) is 0 Å². The number of aryl methyl sites for hydroxylation is 1. The van der Waals surface area contributed by atoms with Crippen molar-refractivity contribution in [1.29, 1.82) is 0 Å². The Kier molecular flexibility index (Phi) is 7.26. The van der Waals surface area contributed by atoms with Crippen molar-refractivity contribution in [2.75, 3.05) is 44.2 Å². The number of carbonyl (C=O) groups is 1. The molecule has 0 spiro atoms. The van der Waals surface area contributed by atoms with Gasteiger partial charge in [-0.2, -0.15) is 17.5 Å². The predicted octanol–water partition coefficient (Wildman–Crippen LogP) is 3.37. The van der Waals surface area contributed by atoms with Gasteiger partial charge < -0.3 is 4.90 Å². The molecule has 2 aromatic carbocycles. The molecule has 0 N–H and O–H groups in total. The predicted molar refractivity (Wildman–Crippen MR) is 116 cm³/mol. The van der Waals surface area contributed by atoms with E-state index < -0.39 is 21.8 Å². The van der Waals surface area contributed by atoms with E-state index in [2.05, 4.69) is 0 Å². The molecule has 3 rings (SSSR count). The third kappa shape index (κ3) is 5.31. The molecule has 32 heavy (non-hydrogen) atoms. The fourth-order valence-corrected chi connectivity index (χ4v) is 5.20. The molecule has 10 heteroatoms. The molecule has 0 unspecified atom stereocenters. The molecule has 1 heterocycles. The van der Waals surface area contributed by atoms with Crippen LogP contribution < -0.4 is 4.90 Å². The van der Waals surface area contributed by atoms with E-state index in [1.54, 1.807) is 4.90 Å². The monoisotopic (exact) mass is 469 g/mol. The number of benzene rings is 2. The molecule has 1 aliphatic heterocycles. The van der Waals surface area contributed by atoms with Crippen LogP contribution in [0, 0.1) is 6.92 Å². The van der Waals surface area contributed by atoms with Crippen LogP contribution in [0.25, 0.3) is 0 Å². The standard InChI is InChI=1S/C22H26F3N3O3S/c1-3-28(20-10-5-4-7-17(20)2)21(29)16-26-11-13-27(14-12-26)32(30,31)19-9-6-8-18(15-19)22(23,24)25/h4-10,15H,3,11-14,16H2,1-2H3. The highest BCUT2D eigenvalue weighted by atomic mass is 32.2. The molecule has 2 aromatic rings. The molecule has 0 bridgehead atoms. The van der Waals surface area contributed by atoms with Crippen LogP contribution in [0.3, 0.4) is 0 Å². The highest BCUT2D eigenvalue weighted by Gasteiger charge is 2.34. The van der Waals surface area contributed by atoms with Gasteiger partial charge in [-0.05, 0) is 43.7 Å². The maximum atomic E-state index is 13.0. The average Bonchev–Trinajstić information content (AvgIpc) is 2.75. The van der Waals surface area contributed by atoms with Crippen LogP contribution in [0.5, 0.6) is 0 Å². The van der Waals surface area contributed by atoms with E-state index >= 15 is 0 Å². The quantitative estimate of drug-likeness (QED) is 0.651. The van der Waals surface area contributed by atoms with E-state index in [-0.39, 0.29) is 30.4 Å². The first kappa shape index (κ1) is 24.2. The Bertz CT molecular complexity index is 1070. The topological polar surface area (TPSA) is 60.9 Å². The molecule has 1 amide bonds. The van der Waals surface area contributed by atoms with Crippen LogP contribution in [0.2, 0.25) is 0 Å². The van der Waals surface area contributed by atoms with Crippen LogP contribution in [-0.2, 0) is 21.0 Å². The highest BCUT2D eigenvalue weighted by Crippen LogP contribution is 2.31. The first-order valence-electron chi connectivity index (χ1n) is 10.3. The zero-order valence-corrected chi connectivity index (χ0v) is 18.8. The van der Waals surface area contributed by atoms with Gasteiger partial charge in [0.15, 0.2) is 0 Å². The van der Waals surface area contributed by atoms with E-state index in [1.807, 2.05) is 43.0 Å². The molecule has 6 nitrogen and oxygen atoms in total. The van der Waals surface area contributed by atoms with Crippen molar-refractivity contribution in [1.82, 2.24) is 9.21 Å². The van der Waals surface area contributed by atoms with Crippen molar-refractivity contribution in [2.24, 2.45) is 0 Å². The van der Waals surface area contributed by atoms with E-state index in [0.717, 1.165) is 23.4 Å². The van der Waals surface area contributed by atoms with Gasteiger partial charge >= 0.3 is 6.18 Å². The van der Waals surface area contributed by atoms with Crippen molar-refractivity contribution < 1.29 is 26.4 Å². The minimum Gasteiger partial charge on any atom is -0.311 e. The van der Waals surface area contributed by atoms with Crippen LogP contribution in [0.4, 0.5) is 18.9 Å². The number of anilines is 1. The molecule has 174 valence electrons. The second-order valence-corrected chi connectivity index (χ2v) is 9.57. The summed E-state index contributed by atoms with van der Waals surface area (Å²) in [6, 6.07) is 11.4.